The molecule has 2 aromatic carbocycles. The lowest BCUT2D eigenvalue weighted by atomic mass is 9.86. The van der Waals surface area contributed by atoms with Crippen molar-refractivity contribution in [1.82, 2.24) is 9.29 Å². The van der Waals surface area contributed by atoms with Crippen molar-refractivity contribution in [3.8, 4) is 5.75 Å². The molecule has 7 nitrogen and oxygen atoms in total. The first-order valence-electron chi connectivity index (χ1n) is 10.9. The Morgan fingerprint density at radius 3 is 2.70 bits per heavy atom. The molecule has 2 N–H and O–H groups in total. The van der Waals surface area contributed by atoms with Crippen molar-refractivity contribution in [1.29, 1.82) is 0 Å². The lowest BCUT2D eigenvalue weighted by Crippen LogP contribution is -2.29. The number of rotatable bonds is 8. The van der Waals surface area contributed by atoms with E-state index in [0.717, 1.165) is 10.9 Å². The molecule has 0 radical (unpaired) electrons. The number of hydrogen-bond acceptors (Lipinski definition) is 5. The molecule has 0 unspecified atom stereocenters. The Morgan fingerprint density at radius 1 is 1.09 bits per heavy atom. The van der Waals surface area contributed by atoms with E-state index in [9.17, 15) is 18.3 Å². The molecule has 0 spiro atoms. The fraction of sp³-hybridized carbons (Fsp3) is 0.280. The third-order valence-corrected chi connectivity index (χ3v) is 8.02. The minimum Gasteiger partial charge on any atom is -0.508 e. The van der Waals surface area contributed by atoms with Crippen LogP contribution in [0.3, 0.4) is 0 Å². The summed E-state index contributed by atoms with van der Waals surface area (Å²) in [5.41, 5.74) is 0.723. The van der Waals surface area contributed by atoms with Crippen molar-refractivity contribution in [2.24, 2.45) is 5.92 Å². The number of carboxylic acids is 1. The van der Waals surface area contributed by atoms with Gasteiger partial charge in [-0.05, 0) is 42.5 Å². The summed E-state index contributed by atoms with van der Waals surface area (Å²) < 4.78 is 28.8. The molecule has 1 aliphatic rings. The van der Waals surface area contributed by atoms with Crippen LogP contribution >= 0.6 is 0 Å². The zero-order valence-corrected chi connectivity index (χ0v) is 18.9. The van der Waals surface area contributed by atoms with Gasteiger partial charge >= 0.3 is 5.97 Å². The van der Waals surface area contributed by atoms with E-state index in [1.807, 2.05) is 30.4 Å². The summed E-state index contributed by atoms with van der Waals surface area (Å²) in [6, 6.07) is 13.9. The van der Waals surface area contributed by atoms with Crippen molar-refractivity contribution in [2.75, 3.05) is 13.1 Å². The zero-order chi connectivity index (χ0) is 23.4. The van der Waals surface area contributed by atoms with Crippen LogP contribution in [0.1, 0.15) is 30.7 Å². The van der Waals surface area contributed by atoms with Crippen molar-refractivity contribution in [2.45, 2.75) is 30.1 Å². The van der Waals surface area contributed by atoms with Gasteiger partial charge in [-0.1, -0.05) is 42.5 Å². The van der Waals surface area contributed by atoms with Crippen LogP contribution in [0, 0.1) is 5.92 Å². The Hall–Kier alpha value is -3.23. The van der Waals surface area contributed by atoms with E-state index in [0.29, 0.717) is 24.8 Å². The van der Waals surface area contributed by atoms with Gasteiger partial charge in [0.25, 0.3) is 0 Å². The zero-order valence-electron chi connectivity index (χ0n) is 18.0. The number of aromatic hydroxyl groups is 1. The van der Waals surface area contributed by atoms with Crippen molar-refractivity contribution in [3.63, 3.8) is 0 Å². The van der Waals surface area contributed by atoms with Crippen LogP contribution in [0.25, 0.3) is 10.8 Å². The first-order valence-corrected chi connectivity index (χ1v) is 12.3. The van der Waals surface area contributed by atoms with E-state index in [1.54, 1.807) is 42.7 Å². The van der Waals surface area contributed by atoms with E-state index < -0.39 is 16.0 Å². The number of para-hydroxylation sites is 1. The number of carboxylic acid groups (broad SMARTS) is 1. The maximum Gasteiger partial charge on any atom is 0.303 e. The minimum absolute atomic E-state index is 0.0502. The number of carbonyl (C=O) groups is 1. The second kappa shape index (κ2) is 9.72. The number of aromatic nitrogens is 1. The third-order valence-electron chi connectivity index (χ3n) is 6.13. The monoisotopic (exact) mass is 466 g/mol. The van der Waals surface area contributed by atoms with Crippen LogP contribution in [0.15, 0.2) is 78.0 Å². The smallest absolute Gasteiger partial charge is 0.303 e. The van der Waals surface area contributed by atoms with Crippen LogP contribution in [0.2, 0.25) is 0 Å². The van der Waals surface area contributed by atoms with Crippen molar-refractivity contribution in [3.05, 3.63) is 78.6 Å². The van der Waals surface area contributed by atoms with Gasteiger partial charge in [0.2, 0.25) is 10.0 Å². The number of fused-ring (bicyclic) bond motifs is 1. The lowest BCUT2D eigenvalue weighted by Gasteiger charge is -2.18. The summed E-state index contributed by atoms with van der Waals surface area (Å²) >= 11 is 0. The van der Waals surface area contributed by atoms with Gasteiger partial charge in [0.15, 0.2) is 0 Å². The second-order valence-corrected chi connectivity index (χ2v) is 10.1. The molecule has 33 heavy (non-hydrogen) atoms. The van der Waals surface area contributed by atoms with Gasteiger partial charge in [-0.3, -0.25) is 9.78 Å². The molecule has 0 amide bonds. The molecule has 2 heterocycles. The maximum absolute atomic E-state index is 13.7. The number of allylic oxidation sites excluding steroid dienone is 2. The minimum atomic E-state index is -3.78. The molecular weight excluding hydrogens is 440 g/mol. The Balaban J connectivity index is 1.64. The van der Waals surface area contributed by atoms with Gasteiger partial charge in [0, 0.05) is 48.6 Å². The quantitative estimate of drug-likeness (QED) is 0.483. The molecule has 0 saturated carbocycles. The van der Waals surface area contributed by atoms with Gasteiger partial charge in [-0.15, -0.1) is 0 Å². The van der Waals surface area contributed by atoms with Crippen LogP contribution in [-0.2, 0) is 14.8 Å². The van der Waals surface area contributed by atoms with Gasteiger partial charge in [-0.25, -0.2) is 8.42 Å². The number of pyridine rings is 1. The van der Waals surface area contributed by atoms with Crippen LogP contribution in [0.4, 0.5) is 0 Å². The maximum atomic E-state index is 13.7. The molecule has 1 saturated heterocycles. The van der Waals surface area contributed by atoms with Gasteiger partial charge in [0.1, 0.15) is 5.75 Å². The predicted molar refractivity (Wildman–Crippen MR) is 125 cm³/mol. The van der Waals surface area contributed by atoms with Crippen molar-refractivity contribution < 1.29 is 23.4 Å². The molecular formula is C25H26N2O5S. The fourth-order valence-corrected chi connectivity index (χ4v) is 6.21. The molecule has 0 bridgehead atoms. The summed E-state index contributed by atoms with van der Waals surface area (Å²) in [4.78, 5) is 15.1. The standard InChI is InChI=1S/C25H26N2O5S/c28-23-10-5-4-9-21(23)22-17-27(16-19(22)7-2-1-3-12-25(29)30)33(31,32)24-11-6-8-18-15-26-14-13-20(18)24/h1-2,4-6,8-11,13-15,19,22,28H,3,7,12,16-17H2,(H,29,30)/t19-,22-/m0/s1. The van der Waals surface area contributed by atoms with Crippen molar-refractivity contribution >= 4 is 26.8 Å². The molecule has 0 aliphatic carbocycles. The second-order valence-electron chi connectivity index (χ2n) is 8.24. The number of nitrogens with zero attached hydrogens (tertiary/aromatic N) is 2. The van der Waals surface area contributed by atoms with Crippen LogP contribution < -0.4 is 0 Å². The highest BCUT2D eigenvalue weighted by molar-refractivity contribution is 7.89. The van der Waals surface area contributed by atoms with Crippen LogP contribution in [-0.4, -0.2) is 47.0 Å². The SMILES string of the molecule is O=C(O)CCC=CC[C@H]1CN(S(=O)(=O)c2cccc3cnccc23)C[C@@H]1c1ccccc1O. The number of phenols is 1. The normalized spacial score (nSPS) is 19.4. The Morgan fingerprint density at radius 2 is 1.91 bits per heavy atom. The molecule has 1 aromatic heterocycles. The molecule has 1 aliphatic heterocycles. The summed E-state index contributed by atoms with van der Waals surface area (Å²) in [5, 5.41) is 20.6. The average molecular weight is 467 g/mol. The van der Waals surface area contributed by atoms with Gasteiger partial charge in [-0.2, -0.15) is 4.31 Å². The van der Waals surface area contributed by atoms with Crippen LogP contribution in [0.5, 0.6) is 5.75 Å². The number of sulfonamides is 1. The van der Waals surface area contributed by atoms with E-state index in [1.165, 1.54) is 4.31 Å². The topological polar surface area (TPSA) is 108 Å². The molecule has 3 aromatic rings. The fourth-order valence-electron chi connectivity index (χ4n) is 4.47. The third kappa shape index (κ3) is 4.91. The largest absolute Gasteiger partial charge is 0.508 e. The summed E-state index contributed by atoms with van der Waals surface area (Å²) in [7, 11) is -3.78. The molecule has 172 valence electrons. The van der Waals surface area contributed by atoms with E-state index in [4.69, 9.17) is 5.11 Å². The van der Waals surface area contributed by atoms with Gasteiger partial charge < -0.3 is 10.2 Å². The highest BCUT2D eigenvalue weighted by Crippen LogP contribution is 2.41. The first kappa shape index (κ1) is 22.9. The number of hydrogen-bond donors (Lipinski definition) is 2. The summed E-state index contributed by atoms with van der Waals surface area (Å²) in [6.07, 6.45) is 8.04. The number of benzene rings is 2. The first-order chi connectivity index (χ1) is 15.9. The molecule has 2 atom stereocenters. The summed E-state index contributed by atoms with van der Waals surface area (Å²) in [5.74, 6) is -0.930. The number of aliphatic carboxylic acids is 1. The number of phenolic OH excluding ortho intramolecular Hbond substituents is 1. The molecule has 1 fully saturated rings. The van der Waals surface area contributed by atoms with E-state index >= 15 is 0 Å². The Labute approximate surface area is 193 Å². The Kier molecular flexibility index (Phi) is 6.76. The Bertz CT molecular complexity index is 1280. The van der Waals surface area contributed by atoms with E-state index in [2.05, 4.69) is 4.98 Å². The average Bonchev–Trinajstić information content (AvgIpc) is 3.23. The van der Waals surface area contributed by atoms with E-state index in [-0.39, 0.29) is 35.4 Å². The molecule has 4 rings (SSSR count). The van der Waals surface area contributed by atoms with Gasteiger partial charge in [0.05, 0.1) is 4.90 Å². The summed E-state index contributed by atoms with van der Waals surface area (Å²) in [6.45, 7) is 0.571. The molecule has 8 heteroatoms. The highest BCUT2D eigenvalue weighted by atomic mass is 32.2. The predicted octanol–water partition coefficient (Wildman–Crippen LogP) is 4.16. The lowest BCUT2D eigenvalue weighted by molar-refractivity contribution is -0.136. The highest BCUT2D eigenvalue weighted by Gasteiger charge is 2.40.